The molecule has 4 aromatic rings. The average molecular weight is 416 g/mol. The van der Waals surface area contributed by atoms with Gasteiger partial charge in [-0.3, -0.25) is 13.9 Å². The van der Waals surface area contributed by atoms with Crippen LogP contribution in [0.1, 0.15) is 49.1 Å². The van der Waals surface area contributed by atoms with Gasteiger partial charge in [-0.2, -0.15) is 0 Å². The van der Waals surface area contributed by atoms with Crippen molar-refractivity contribution < 1.29 is 4.79 Å². The molecule has 0 bridgehead atoms. The summed E-state index contributed by atoms with van der Waals surface area (Å²) in [5, 5.41) is 1.07. The number of aromatic nitrogens is 3. The lowest BCUT2D eigenvalue weighted by Crippen LogP contribution is -2.26. The normalized spacial score (nSPS) is 12.9. The summed E-state index contributed by atoms with van der Waals surface area (Å²) in [7, 11) is 3.75. The van der Waals surface area contributed by atoms with E-state index in [2.05, 4.69) is 6.92 Å². The zero-order chi connectivity index (χ0) is 22.0. The van der Waals surface area contributed by atoms with Crippen LogP contribution in [0.5, 0.6) is 0 Å². The van der Waals surface area contributed by atoms with Crippen LogP contribution < -0.4 is 5.69 Å². The van der Waals surface area contributed by atoms with Gasteiger partial charge in [0.15, 0.2) is 0 Å². The zero-order valence-corrected chi connectivity index (χ0v) is 18.4. The lowest BCUT2D eigenvalue weighted by molar-refractivity contribution is 0.103. The summed E-state index contributed by atoms with van der Waals surface area (Å²) < 4.78 is 5.59. The second-order valence-corrected chi connectivity index (χ2v) is 8.13. The summed E-state index contributed by atoms with van der Waals surface area (Å²) in [6.45, 7) is 2.14. The van der Waals surface area contributed by atoms with Crippen LogP contribution in [0.4, 0.5) is 0 Å². The van der Waals surface area contributed by atoms with Crippen molar-refractivity contribution in [2.45, 2.75) is 38.6 Å². The molecule has 0 saturated heterocycles. The SMILES string of the molecule is CCCC(CC/C=C\C(=O)c1cc2ccccc2n1C)n1c(=O)n(C)c2ccccc21. The highest BCUT2D eigenvalue weighted by Crippen LogP contribution is 2.24. The summed E-state index contributed by atoms with van der Waals surface area (Å²) in [4.78, 5) is 25.6. The molecule has 2 aromatic carbocycles. The average Bonchev–Trinajstić information content (AvgIpc) is 3.25. The number of carbonyl (C=O) groups is 1. The van der Waals surface area contributed by atoms with Crippen LogP contribution in [-0.4, -0.2) is 19.5 Å². The van der Waals surface area contributed by atoms with E-state index in [9.17, 15) is 9.59 Å². The first kappa shape index (κ1) is 20.9. The highest BCUT2D eigenvalue weighted by molar-refractivity contribution is 6.06. The number of hydrogen-bond acceptors (Lipinski definition) is 2. The van der Waals surface area contributed by atoms with Crippen molar-refractivity contribution in [2.75, 3.05) is 0 Å². The Morgan fingerprint density at radius 1 is 0.935 bits per heavy atom. The van der Waals surface area contributed by atoms with Crippen molar-refractivity contribution >= 4 is 27.7 Å². The Kier molecular flexibility index (Phi) is 5.94. The first-order valence-electron chi connectivity index (χ1n) is 10.9. The molecular weight excluding hydrogens is 386 g/mol. The van der Waals surface area contributed by atoms with Crippen molar-refractivity contribution in [3.63, 3.8) is 0 Å². The maximum atomic E-state index is 12.9. The van der Waals surface area contributed by atoms with E-state index < -0.39 is 0 Å². The minimum Gasteiger partial charge on any atom is -0.341 e. The fourth-order valence-corrected chi connectivity index (χ4v) is 4.50. The van der Waals surface area contributed by atoms with Crippen LogP contribution in [0.2, 0.25) is 0 Å². The summed E-state index contributed by atoms with van der Waals surface area (Å²) in [5.41, 5.74) is 3.69. The molecule has 0 saturated carbocycles. The van der Waals surface area contributed by atoms with Gasteiger partial charge >= 0.3 is 5.69 Å². The van der Waals surface area contributed by atoms with Gasteiger partial charge in [-0.05, 0) is 49.6 Å². The van der Waals surface area contributed by atoms with E-state index in [-0.39, 0.29) is 17.5 Å². The van der Waals surface area contributed by atoms with Crippen molar-refractivity contribution in [2.24, 2.45) is 14.1 Å². The van der Waals surface area contributed by atoms with Crippen LogP contribution in [0.15, 0.2) is 71.5 Å². The largest absolute Gasteiger partial charge is 0.341 e. The van der Waals surface area contributed by atoms with Gasteiger partial charge in [0.2, 0.25) is 5.78 Å². The third kappa shape index (κ3) is 3.88. The zero-order valence-electron chi connectivity index (χ0n) is 18.4. The number of fused-ring (bicyclic) bond motifs is 2. The van der Waals surface area contributed by atoms with E-state index in [4.69, 9.17) is 0 Å². The summed E-state index contributed by atoms with van der Waals surface area (Å²) >= 11 is 0. The second-order valence-electron chi connectivity index (χ2n) is 8.13. The Labute approximate surface area is 182 Å². The number of nitrogens with zero attached hydrogens (tertiary/aromatic N) is 3. The van der Waals surface area contributed by atoms with Gasteiger partial charge in [-0.25, -0.2) is 4.79 Å². The van der Waals surface area contributed by atoms with Gasteiger partial charge in [-0.15, -0.1) is 0 Å². The Morgan fingerprint density at radius 3 is 2.32 bits per heavy atom. The fraction of sp³-hybridized carbons (Fsp3) is 0.308. The van der Waals surface area contributed by atoms with Gasteiger partial charge in [0, 0.05) is 31.0 Å². The molecule has 5 heteroatoms. The van der Waals surface area contributed by atoms with Crippen LogP contribution in [0.3, 0.4) is 0 Å². The lowest BCUT2D eigenvalue weighted by atomic mass is 10.0. The van der Waals surface area contributed by atoms with E-state index >= 15 is 0 Å². The molecule has 0 aliphatic carbocycles. The van der Waals surface area contributed by atoms with Gasteiger partial charge in [0.1, 0.15) is 0 Å². The molecule has 0 aliphatic rings. The van der Waals surface area contributed by atoms with Gasteiger partial charge in [0.05, 0.1) is 16.7 Å². The molecule has 160 valence electrons. The second kappa shape index (κ2) is 8.80. The van der Waals surface area contributed by atoms with Crippen molar-refractivity contribution in [1.82, 2.24) is 13.7 Å². The first-order chi connectivity index (χ1) is 15.0. The minimum absolute atomic E-state index is 0.00747. The van der Waals surface area contributed by atoms with Gasteiger partial charge in [-0.1, -0.05) is 49.8 Å². The number of carbonyl (C=O) groups excluding carboxylic acids is 1. The number of para-hydroxylation sites is 3. The van der Waals surface area contributed by atoms with E-state index in [1.807, 2.05) is 83.9 Å². The quantitative estimate of drug-likeness (QED) is 0.286. The van der Waals surface area contributed by atoms with Gasteiger partial charge < -0.3 is 4.57 Å². The standard InChI is InChI=1S/C26H29N3O2/c1-4-11-20(29-23-16-9-8-15-22(23)28(3)26(29)31)13-6-10-17-25(30)24-18-19-12-5-7-14-21(19)27(24)2/h5,7-10,12,14-18,20H,4,6,11,13H2,1-3H3/b17-10-. The molecule has 0 radical (unpaired) electrons. The highest BCUT2D eigenvalue weighted by atomic mass is 16.1. The predicted octanol–water partition coefficient (Wildman–Crippen LogP) is 5.39. The molecule has 0 aliphatic heterocycles. The number of rotatable bonds is 8. The Balaban J connectivity index is 1.51. The number of aryl methyl sites for hydroxylation is 2. The lowest BCUT2D eigenvalue weighted by Gasteiger charge is -2.17. The molecule has 4 rings (SSSR count). The van der Waals surface area contributed by atoms with E-state index in [0.717, 1.165) is 47.6 Å². The number of hydrogen-bond donors (Lipinski definition) is 0. The van der Waals surface area contributed by atoms with E-state index in [0.29, 0.717) is 5.69 Å². The van der Waals surface area contributed by atoms with Crippen LogP contribution in [-0.2, 0) is 14.1 Å². The summed E-state index contributed by atoms with van der Waals surface area (Å²) in [6.07, 6.45) is 7.11. The molecule has 1 atom stereocenters. The molecule has 0 amide bonds. The minimum atomic E-state index is 0.00747. The van der Waals surface area contributed by atoms with E-state index in [1.54, 1.807) is 10.6 Å². The molecule has 5 nitrogen and oxygen atoms in total. The Morgan fingerprint density at radius 2 is 1.61 bits per heavy atom. The van der Waals surface area contributed by atoms with Crippen molar-refractivity contribution in [3.05, 3.63) is 82.9 Å². The van der Waals surface area contributed by atoms with Crippen molar-refractivity contribution in [1.29, 1.82) is 0 Å². The predicted molar refractivity (Wildman–Crippen MR) is 127 cm³/mol. The fourth-order valence-electron chi connectivity index (χ4n) is 4.50. The van der Waals surface area contributed by atoms with E-state index in [1.165, 1.54) is 0 Å². The number of ketones is 1. The molecule has 0 fully saturated rings. The maximum absolute atomic E-state index is 12.9. The highest BCUT2D eigenvalue weighted by Gasteiger charge is 2.18. The summed E-state index contributed by atoms with van der Waals surface area (Å²) in [6, 6.07) is 18.0. The molecule has 0 N–H and O–H groups in total. The summed E-state index contributed by atoms with van der Waals surface area (Å²) in [5.74, 6) is 0.00747. The smallest absolute Gasteiger partial charge is 0.329 e. The first-order valence-corrected chi connectivity index (χ1v) is 10.9. The molecule has 1 unspecified atom stereocenters. The molecule has 0 spiro atoms. The number of imidazole rings is 1. The van der Waals surface area contributed by atoms with Crippen LogP contribution in [0.25, 0.3) is 21.9 Å². The topological polar surface area (TPSA) is 48.9 Å². The molecule has 31 heavy (non-hydrogen) atoms. The number of benzene rings is 2. The van der Waals surface area contributed by atoms with Crippen molar-refractivity contribution in [3.8, 4) is 0 Å². The monoisotopic (exact) mass is 415 g/mol. The maximum Gasteiger partial charge on any atom is 0.329 e. The number of allylic oxidation sites excluding steroid dienone is 2. The van der Waals surface area contributed by atoms with Gasteiger partial charge in [0.25, 0.3) is 0 Å². The third-order valence-corrected chi connectivity index (χ3v) is 6.12. The Bertz CT molecular complexity index is 1320. The Hall–Kier alpha value is -3.34. The molecular formula is C26H29N3O2. The van der Waals surface area contributed by atoms with Crippen LogP contribution in [0, 0.1) is 0 Å². The molecule has 2 aromatic heterocycles. The molecule has 2 heterocycles. The van der Waals surface area contributed by atoms with Crippen LogP contribution >= 0.6 is 0 Å². The third-order valence-electron chi connectivity index (χ3n) is 6.12.